The molecule has 1 heterocycles. The summed E-state index contributed by atoms with van der Waals surface area (Å²) >= 11 is 7.19. The van der Waals surface area contributed by atoms with E-state index >= 15 is 0 Å². The maximum Gasteiger partial charge on any atom is 0.263 e. The fourth-order valence-corrected chi connectivity index (χ4v) is 2.62. The highest BCUT2D eigenvalue weighted by Gasteiger charge is 2.16. The summed E-state index contributed by atoms with van der Waals surface area (Å²) < 4.78 is 0. The Labute approximate surface area is 126 Å². The minimum absolute atomic E-state index is 0.174. The number of benzene rings is 1. The van der Waals surface area contributed by atoms with E-state index in [-0.39, 0.29) is 12.5 Å². The number of carbonyl (C=O) groups is 1. The standard InChI is InChI=1S/C14H15ClN2O2S/c1-2-13-16-7-12(20-13)14(19)17-11(8-18)9-3-5-10(15)6-4-9/h3-7,11,18H,2,8H2,1H3,(H,17,19). The van der Waals surface area contributed by atoms with Gasteiger partial charge in [0.05, 0.1) is 23.9 Å². The molecule has 1 atom stereocenters. The zero-order valence-electron chi connectivity index (χ0n) is 11.0. The highest BCUT2D eigenvalue weighted by Crippen LogP contribution is 2.18. The molecule has 1 amide bonds. The first-order chi connectivity index (χ1) is 9.63. The summed E-state index contributed by atoms with van der Waals surface area (Å²) in [6.07, 6.45) is 2.37. The second-order valence-electron chi connectivity index (χ2n) is 4.23. The van der Waals surface area contributed by atoms with Crippen LogP contribution in [0.25, 0.3) is 0 Å². The van der Waals surface area contributed by atoms with Crippen LogP contribution in [0.4, 0.5) is 0 Å². The third-order valence-corrected chi connectivity index (χ3v) is 4.23. The van der Waals surface area contributed by atoms with Gasteiger partial charge in [-0.25, -0.2) is 4.98 Å². The Morgan fingerprint density at radius 1 is 1.45 bits per heavy atom. The Morgan fingerprint density at radius 2 is 2.15 bits per heavy atom. The second kappa shape index (κ2) is 6.83. The SMILES string of the molecule is CCc1ncc(C(=O)NC(CO)c2ccc(Cl)cc2)s1. The predicted molar refractivity (Wildman–Crippen MR) is 80.2 cm³/mol. The van der Waals surface area contributed by atoms with E-state index < -0.39 is 6.04 Å². The molecular weight excluding hydrogens is 296 g/mol. The number of halogens is 1. The molecule has 106 valence electrons. The topological polar surface area (TPSA) is 62.2 Å². The molecule has 0 aliphatic rings. The van der Waals surface area contributed by atoms with Gasteiger partial charge in [-0.05, 0) is 24.1 Å². The molecular formula is C14H15ClN2O2S. The lowest BCUT2D eigenvalue weighted by Gasteiger charge is -2.16. The third kappa shape index (κ3) is 3.56. The summed E-state index contributed by atoms with van der Waals surface area (Å²) in [4.78, 5) is 16.8. The van der Waals surface area contributed by atoms with Gasteiger partial charge < -0.3 is 10.4 Å². The first-order valence-corrected chi connectivity index (χ1v) is 7.45. The molecule has 0 spiro atoms. The molecule has 0 fully saturated rings. The molecule has 20 heavy (non-hydrogen) atoms. The monoisotopic (exact) mass is 310 g/mol. The molecule has 1 aromatic carbocycles. The van der Waals surface area contributed by atoms with Crippen molar-refractivity contribution in [2.45, 2.75) is 19.4 Å². The van der Waals surface area contributed by atoms with E-state index in [4.69, 9.17) is 11.6 Å². The molecule has 0 aliphatic carbocycles. The Hall–Kier alpha value is -1.43. The molecule has 4 nitrogen and oxygen atoms in total. The maximum absolute atomic E-state index is 12.1. The summed E-state index contributed by atoms with van der Waals surface area (Å²) in [7, 11) is 0. The van der Waals surface area contributed by atoms with Crippen LogP contribution in [0.15, 0.2) is 30.5 Å². The number of aliphatic hydroxyl groups excluding tert-OH is 1. The first kappa shape index (κ1) is 15.0. The van der Waals surface area contributed by atoms with E-state index in [1.54, 1.807) is 30.5 Å². The minimum atomic E-state index is -0.452. The minimum Gasteiger partial charge on any atom is -0.394 e. The summed E-state index contributed by atoms with van der Waals surface area (Å²) in [5, 5.41) is 13.8. The number of thiazole rings is 1. The van der Waals surface area contributed by atoms with Crippen LogP contribution < -0.4 is 5.32 Å². The van der Waals surface area contributed by atoms with E-state index in [0.717, 1.165) is 17.0 Å². The summed E-state index contributed by atoms with van der Waals surface area (Å²) in [6, 6.07) is 6.58. The van der Waals surface area contributed by atoms with E-state index in [1.165, 1.54) is 11.3 Å². The van der Waals surface area contributed by atoms with Crippen molar-refractivity contribution in [1.82, 2.24) is 10.3 Å². The molecule has 0 saturated heterocycles. The van der Waals surface area contributed by atoms with E-state index in [0.29, 0.717) is 9.90 Å². The Morgan fingerprint density at radius 3 is 2.70 bits per heavy atom. The number of carbonyl (C=O) groups excluding carboxylic acids is 1. The lowest BCUT2D eigenvalue weighted by Crippen LogP contribution is -2.30. The van der Waals surface area contributed by atoms with Crippen LogP contribution in [-0.2, 0) is 6.42 Å². The maximum atomic E-state index is 12.1. The van der Waals surface area contributed by atoms with Crippen LogP contribution in [0, 0.1) is 0 Å². The van der Waals surface area contributed by atoms with Gasteiger partial charge in [-0.3, -0.25) is 4.79 Å². The molecule has 1 unspecified atom stereocenters. The second-order valence-corrected chi connectivity index (χ2v) is 5.78. The number of aliphatic hydroxyl groups is 1. The van der Waals surface area contributed by atoms with Crippen molar-refractivity contribution in [3.8, 4) is 0 Å². The summed E-state index contributed by atoms with van der Waals surface area (Å²) in [5.74, 6) is -0.226. The van der Waals surface area contributed by atoms with Crippen molar-refractivity contribution in [3.05, 3.63) is 50.9 Å². The summed E-state index contributed by atoms with van der Waals surface area (Å²) in [6.45, 7) is 1.82. The molecule has 6 heteroatoms. The van der Waals surface area contributed by atoms with Crippen LogP contribution in [0.5, 0.6) is 0 Å². The number of amides is 1. The van der Waals surface area contributed by atoms with Gasteiger partial charge in [0.2, 0.25) is 0 Å². The molecule has 0 radical (unpaired) electrons. The molecule has 0 saturated carbocycles. The van der Waals surface area contributed by atoms with Gasteiger partial charge >= 0.3 is 0 Å². The predicted octanol–water partition coefficient (Wildman–Crippen LogP) is 2.82. The van der Waals surface area contributed by atoms with Crippen molar-refractivity contribution < 1.29 is 9.90 Å². The highest BCUT2D eigenvalue weighted by atomic mass is 35.5. The number of hydrogen-bond donors (Lipinski definition) is 2. The van der Waals surface area contributed by atoms with Crippen LogP contribution in [0.2, 0.25) is 5.02 Å². The number of hydrogen-bond acceptors (Lipinski definition) is 4. The van der Waals surface area contributed by atoms with Crippen molar-refractivity contribution in [3.63, 3.8) is 0 Å². The molecule has 2 rings (SSSR count). The van der Waals surface area contributed by atoms with Crippen molar-refractivity contribution >= 4 is 28.8 Å². The molecule has 0 bridgehead atoms. The van der Waals surface area contributed by atoms with Gasteiger partial charge in [0, 0.05) is 5.02 Å². The zero-order chi connectivity index (χ0) is 14.5. The van der Waals surface area contributed by atoms with Gasteiger partial charge in [-0.15, -0.1) is 11.3 Å². The Bertz CT molecular complexity index is 583. The van der Waals surface area contributed by atoms with E-state index in [2.05, 4.69) is 10.3 Å². The fourth-order valence-electron chi connectivity index (χ4n) is 1.74. The van der Waals surface area contributed by atoms with Crippen molar-refractivity contribution in [2.24, 2.45) is 0 Å². The fraction of sp³-hybridized carbons (Fsp3) is 0.286. The average molecular weight is 311 g/mol. The normalized spacial score (nSPS) is 12.2. The number of aromatic nitrogens is 1. The zero-order valence-corrected chi connectivity index (χ0v) is 12.5. The quantitative estimate of drug-likeness (QED) is 0.892. The molecule has 2 aromatic rings. The lowest BCUT2D eigenvalue weighted by atomic mass is 10.1. The van der Waals surface area contributed by atoms with Gasteiger partial charge in [0.1, 0.15) is 4.88 Å². The van der Waals surface area contributed by atoms with Crippen LogP contribution in [-0.4, -0.2) is 22.6 Å². The van der Waals surface area contributed by atoms with Gasteiger partial charge in [0.25, 0.3) is 5.91 Å². The number of nitrogens with one attached hydrogen (secondary N) is 1. The smallest absolute Gasteiger partial charge is 0.263 e. The third-order valence-electron chi connectivity index (χ3n) is 2.84. The van der Waals surface area contributed by atoms with E-state index in [9.17, 15) is 9.90 Å². The van der Waals surface area contributed by atoms with Crippen LogP contribution in [0.1, 0.15) is 33.2 Å². The van der Waals surface area contributed by atoms with Gasteiger partial charge in [0.15, 0.2) is 0 Å². The molecule has 0 aliphatic heterocycles. The Kier molecular flexibility index (Phi) is 5.11. The largest absolute Gasteiger partial charge is 0.394 e. The molecule has 2 N–H and O–H groups in total. The highest BCUT2D eigenvalue weighted by molar-refractivity contribution is 7.13. The number of nitrogens with zero attached hydrogens (tertiary/aromatic N) is 1. The number of rotatable bonds is 5. The molecule has 1 aromatic heterocycles. The van der Waals surface area contributed by atoms with Crippen LogP contribution in [0.3, 0.4) is 0 Å². The average Bonchev–Trinajstić information content (AvgIpc) is 2.94. The lowest BCUT2D eigenvalue weighted by molar-refractivity contribution is 0.0920. The van der Waals surface area contributed by atoms with E-state index in [1.807, 2.05) is 6.92 Å². The van der Waals surface area contributed by atoms with Gasteiger partial charge in [-0.1, -0.05) is 30.7 Å². The first-order valence-electron chi connectivity index (χ1n) is 6.26. The van der Waals surface area contributed by atoms with Crippen molar-refractivity contribution in [1.29, 1.82) is 0 Å². The number of aryl methyl sites for hydroxylation is 1. The van der Waals surface area contributed by atoms with Crippen LogP contribution >= 0.6 is 22.9 Å². The van der Waals surface area contributed by atoms with Gasteiger partial charge in [-0.2, -0.15) is 0 Å². The Balaban J connectivity index is 2.09. The summed E-state index contributed by atoms with van der Waals surface area (Å²) in [5.41, 5.74) is 0.811. The van der Waals surface area contributed by atoms with Crippen molar-refractivity contribution in [2.75, 3.05) is 6.61 Å².